The normalized spacial score (nSPS) is 10.8. The van der Waals surface area contributed by atoms with Crippen molar-refractivity contribution in [3.05, 3.63) is 39.5 Å². The van der Waals surface area contributed by atoms with Crippen LogP contribution < -0.4 is 4.74 Å². The zero-order valence-electron chi connectivity index (χ0n) is 11.4. The maximum atomic E-state index is 6.08. The molecule has 5 heteroatoms. The van der Waals surface area contributed by atoms with Gasteiger partial charge in [0.05, 0.1) is 5.69 Å². The third-order valence-electron chi connectivity index (χ3n) is 3.05. The van der Waals surface area contributed by atoms with E-state index >= 15 is 0 Å². The third-order valence-corrected chi connectivity index (χ3v) is 3.83. The number of nitrogens with zero attached hydrogens (tertiary/aromatic N) is 2. The molecule has 0 unspecified atom stereocenters. The van der Waals surface area contributed by atoms with E-state index in [4.69, 9.17) is 16.3 Å². The molecule has 2 rings (SSSR count). The number of halogens is 2. The number of alkyl halides is 1. The van der Waals surface area contributed by atoms with Gasteiger partial charge in [0.1, 0.15) is 5.75 Å². The van der Waals surface area contributed by atoms with Crippen LogP contribution in [0.15, 0.2) is 12.1 Å². The molecule has 0 radical (unpaired) electrons. The van der Waals surface area contributed by atoms with Crippen molar-refractivity contribution in [3.63, 3.8) is 0 Å². The highest BCUT2D eigenvalue weighted by atomic mass is 79.9. The molecule has 0 aliphatic rings. The van der Waals surface area contributed by atoms with Crippen LogP contribution in [-0.4, -0.2) is 9.78 Å². The van der Waals surface area contributed by atoms with Crippen LogP contribution in [0.1, 0.15) is 22.4 Å². The van der Waals surface area contributed by atoms with Crippen molar-refractivity contribution in [2.45, 2.75) is 26.1 Å². The Kier molecular flexibility index (Phi) is 4.21. The average molecular weight is 344 g/mol. The van der Waals surface area contributed by atoms with Gasteiger partial charge in [-0.3, -0.25) is 0 Å². The van der Waals surface area contributed by atoms with E-state index in [1.165, 1.54) is 0 Å². The lowest BCUT2D eigenvalue weighted by atomic mass is 10.1. The molecule has 1 heterocycles. The summed E-state index contributed by atoms with van der Waals surface area (Å²) in [6.07, 6.45) is 0. The summed E-state index contributed by atoms with van der Waals surface area (Å²) in [6, 6.07) is 3.81. The van der Waals surface area contributed by atoms with Gasteiger partial charge in [-0.2, -0.15) is 5.10 Å². The molecule has 1 aromatic carbocycles. The fraction of sp³-hybridized carbons (Fsp3) is 0.357. The van der Waals surface area contributed by atoms with Gasteiger partial charge in [-0.25, -0.2) is 4.68 Å². The number of hydrogen-bond acceptors (Lipinski definition) is 2. The van der Waals surface area contributed by atoms with Crippen molar-refractivity contribution >= 4 is 27.5 Å². The zero-order chi connectivity index (χ0) is 14.2. The molecule has 1 aromatic heterocycles. The minimum absolute atomic E-state index is 0.716. The fourth-order valence-electron chi connectivity index (χ4n) is 2.12. The summed E-state index contributed by atoms with van der Waals surface area (Å²) in [5.41, 5.74) is 4.07. The molecule has 102 valence electrons. The van der Waals surface area contributed by atoms with E-state index in [1.807, 2.05) is 40.0 Å². The van der Waals surface area contributed by atoms with Crippen LogP contribution >= 0.6 is 27.5 Å². The monoisotopic (exact) mass is 342 g/mol. The van der Waals surface area contributed by atoms with Crippen LogP contribution in [0.4, 0.5) is 0 Å². The Morgan fingerprint density at radius 2 is 1.84 bits per heavy atom. The van der Waals surface area contributed by atoms with Gasteiger partial charge >= 0.3 is 0 Å². The molecule has 19 heavy (non-hydrogen) atoms. The highest BCUT2D eigenvalue weighted by Gasteiger charge is 2.16. The maximum absolute atomic E-state index is 6.08. The second-order valence-corrected chi connectivity index (χ2v) is 5.59. The van der Waals surface area contributed by atoms with Gasteiger partial charge in [-0.05, 0) is 44.0 Å². The van der Waals surface area contributed by atoms with Crippen molar-refractivity contribution in [2.75, 3.05) is 0 Å². The summed E-state index contributed by atoms with van der Waals surface area (Å²) in [5.74, 6) is 1.61. The molecule has 0 spiro atoms. The summed E-state index contributed by atoms with van der Waals surface area (Å²) >= 11 is 9.52. The quantitative estimate of drug-likeness (QED) is 0.756. The Bertz CT molecular complexity index is 599. The summed E-state index contributed by atoms with van der Waals surface area (Å²) in [7, 11) is 1.88. The molecule has 0 saturated heterocycles. The minimum atomic E-state index is 0.716. The van der Waals surface area contributed by atoms with Gasteiger partial charge in [0.15, 0.2) is 0 Å². The minimum Gasteiger partial charge on any atom is -0.438 e. The fourth-order valence-corrected chi connectivity index (χ4v) is 3.09. The van der Waals surface area contributed by atoms with Gasteiger partial charge in [-0.1, -0.05) is 27.5 Å². The van der Waals surface area contributed by atoms with E-state index in [0.717, 1.165) is 39.0 Å². The molecule has 0 aliphatic heterocycles. The number of benzene rings is 1. The first-order valence-corrected chi connectivity index (χ1v) is 7.47. The van der Waals surface area contributed by atoms with E-state index in [2.05, 4.69) is 21.0 Å². The Morgan fingerprint density at radius 1 is 1.26 bits per heavy atom. The molecular weight excluding hydrogens is 328 g/mol. The number of hydrogen-bond donors (Lipinski definition) is 0. The first kappa shape index (κ1) is 14.4. The van der Waals surface area contributed by atoms with Crippen molar-refractivity contribution in [2.24, 2.45) is 7.05 Å². The third kappa shape index (κ3) is 2.79. The van der Waals surface area contributed by atoms with Crippen LogP contribution in [0, 0.1) is 20.8 Å². The molecule has 3 nitrogen and oxygen atoms in total. The lowest BCUT2D eigenvalue weighted by Gasteiger charge is -2.13. The largest absolute Gasteiger partial charge is 0.438 e. The Balaban J connectivity index is 2.47. The van der Waals surface area contributed by atoms with Gasteiger partial charge < -0.3 is 4.74 Å². The molecule has 0 N–H and O–H groups in total. The second-order valence-electron chi connectivity index (χ2n) is 4.60. The second kappa shape index (κ2) is 5.55. The Morgan fingerprint density at radius 3 is 2.37 bits per heavy atom. The molecule has 0 bridgehead atoms. The molecule has 0 atom stereocenters. The standard InChI is InChI=1S/C14H16BrClN2O/c1-8-5-11(16)6-9(2)13(8)19-14-12(7-15)10(3)17-18(14)4/h5-6H,7H2,1-4H3. The van der Waals surface area contributed by atoms with Gasteiger partial charge in [0.25, 0.3) is 0 Å². The topological polar surface area (TPSA) is 27.1 Å². The van der Waals surface area contributed by atoms with Crippen molar-refractivity contribution in [1.82, 2.24) is 9.78 Å². The number of rotatable bonds is 3. The van der Waals surface area contributed by atoms with Gasteiger partial charge in [0.2, 0.25) is 5.88 Å². The van der Waals surface area contributed by atoms with E-state index in [0.29, 0.717) is 5.33 Å². The lowest BCUT2D eigenvalue weighted by Crippen LogP contribution is -1.99. The van der Waals surface area contributed by atoms with E-state index in [9.17, 15) is 0 Å². The van der Waals surface area contributed by atoms with Crippen LogP contribution in [0.3, 0.4) is 0 Å². The Labute approximate surface area is 126 Å². The molecule has 0 amide bonds. The SMILES string of the molecule is Cc1cc(Cl)cc(C)c1Oc1c(CBr)c(C)nn1C. The van der Waals surface area contributed by atoms with Crippen LogP contribution in [0.25, 0.3) is 0 Å². The maximum Gasteiger partial charge on any atom is 0.221 e. The van der Waals surface area contributed by atoms with Gasteiger partial charge in [0, 0.05) is 23.0 Å². The van der Waals surface area contributed by atoms with Crippen molar-refractivity contribution in [1.29, 1.82) is 0 Å². The van der Waals surface area contributed by atoms with Crippen LogP contribution in [0.5, 0.6) is 11.6 Å². The van der Waals surface area contributed by atoms with E-state index in [-0.39, 0.29) is 0 Å². The lowest BCUT2D eigenvalue weighted by molar-refractivity contribution is 0.422. The molecule has 0 saturated carbocycles. The zero-order valence-corrected chi connectivity index (χ0v) is 13.8. The molecule has 0 aliphatic carbocycles. The number of ether oxygens (including phenoxy) is 1. The highest BCUT2D eigenvalue weighted by Crippen LogP contribution is 2.34. The highest BCUT2D eigenvalue weighted by molar-refractivity contribution is 9.08. The van der Waals surface area contributed by atoms with Crippen LogP contribution in [0.2, 0.25) is 5.02 Å². The molecule has 0 fully saturated rings. The predicted molar refractivity (Wildman–Crippen MR) is 81.6 cm³/mol. The first-order valence-electron chi connectivity index (χ1n) is 5.97. The predicted octanol–water partition coefficient (Wildman–Crippen LogP) is 4.69. The summed E-state index contributed by atoms with van der Waals surface area (Å²) in [6.45, 7) is 5.96. The first-order chi connectivity index (χ1) is 8.93. The number of aromatic nitrogens is 2. The smallest absolute Gasteiger partial charge is 0.221 e. The summed E-state index contributed by atoms with van der Waals surface area (Å²) in [5, 5.41) is 5.83. The number of aryl methyl sites for hydroxylation is 4. The summed E-state index contributed by atoms with van der Waals surface area (Å²) < 4.78 is 7.84. The summed E-state index contributed by atoms with van der Waals surface area (Å²) in [4.78, 5) is 0. The van der Waals surface area contributed by atoms with E-state index < -0.39 is 0 Å². The average Bonchev–Trinajstić information content (AvgIpc) is 2.57. The molecule has 2 aromatic rings. The van der Waals surface area contributed by atoms with Gasteiger partial charge in [-0.15, -0.1) is 0 Å². The van der Waals surface area contributed by atoms with Crippen LogP contribution in [-0.2, 0) is 12.4 Å². The van der Waals surface area contributed by atoms with Crippen molar-refractivity contribution in [3.8, 4) is 11.6 Å². The Hall–Kier alpha value is -1.00. The van der Waals surface area contributed by atoms with E-state index in [1.54, 1.807) is 4.68 Å². The van der Waals surface area contributed by atoms with Crippen molar-refractivity contribution < 1.29 is 4.74 Å². The molecular formula is C14H16BrClN2O.